The Hall–Kier alpha value is -0.400. The Bertz CT molecular complexity index is 376. The van der Waals surface area contributed by atoms with Crippen molar-refractivity contribution in [2.24, 2.45) is 0 Å². The Balaban J connectivity index is 2.97. The molecule has 0 saturated heterocycles. The average Bonchev–Trinajstić information content (AvgIpc) is 2.68. The Morgan fingerprint density at radius 2 is 2.36 bits per heavy atom. The van der Waals surface area contributed by atoms with Crippen molar-refractivity contribution >= 4 is 26.0 Å². The van der Waals surface area contributed by atoms with Crippen molar-refractivity contribution in [3.8, 4) is 0 Å². The van der Waals surface area contributed by atoms with Gasteiger partial charge in [-0.1, -0.05) is 15.9 Å². The maximum atomic E-state index is 11.8. The molecule has 0 aromatic carbocycles. The van der Waals surface area contributed by atoms with Crippen molar-refractivity contribution in [1.29, 1.82) is 0 Å². The van der Waals surface area contributed by atoms with Crippen LogP contribution in [0.15, 0.2) is 17.6 Å². The average molecular weight is 282 g/mol. The van der Waals surface area contributed by atoms with E-state index in [0.717, 1.165) is 0 Å². The van der Waals surface area contributed by atoms with Gasteiger partial charge in [-0.3, -0.25) is 0 Å². The number of halogens is 1. The molecule has 7 heteroatoms. The van der Waals surface area contributed by atoms with Crippen LogP contribution in [0.1, 0.15) is 6.92 Å². The molecule has 1 atom stereocenters. The predicted octanol–water partition coefficient (Wildman–Crippen LogP) is 0.814. The first-order chi connectivity index (χ1) is 6.50. The fourth-order valence-electron chi connectivity index (χ4n) is 0.873. The van der Waals surface area contributed by atoms with E-state index >= 15 is 0 Å². The maximum Gasteiger partial charge on any atom is 0.260 e. The van der Waals surface area contributed by atoms with Gasteiger partial charge in [-0.05, 0) is 6.92 Å². The van der Waals surface area contributed by atoms with E-state index in [4.69, 9.17) is 0 Å². The number of hydrogen-bond donors (Lipinski definition) is 1. The first-order valence-electron chi connectivity index (χ1n) is 4.02. The second-order valence-corrected chi connectivity index (χ2v) is 5.55. The van der Waals surface area contributed by atoms with Crippen LogP contribution in [-0.4, -0.2) is 41.1 Å². The second kappa shape index (κ2) is 4.41. The molecule has 0 amide bonds. The monoisotopic (exact) mass is 281 g/mol. The lowest BCUT2D eigenvalue weighted by Crippen LogP contribution is -2.36. The van der Waals surface area contributed by atoms with Crippen molar-refractivity contribution in [1.82, 2.24) is 14.3 Å². The highest BCUT2D eigenvalue weighted by Crippen LogP contribution is 2.13. The first-order valence-corrected chi connectivity index (χ1v) is 6.58. The minimum Gasteiger partial charge on any atom is -0.335 e. The van der Waals surface area contributed by atoms with Crippen LogP contribution in [-0.2, 0) is 10.0 Å². The molecular weight excluding hydrogens is 270 g/mol. The zero-order valence-corrected chi connectivity index (χ0v) is 10.3. The number of hydrogen-bond acceptors (Lipinski definition) is 3. The van der Waals surface area contributed by atoms with Gasteiger partial charge in [-0.15, -0.1) is 0 Å². The molecule has 0 aliphatic heterocycles. The molecule has 1 rings (SSSR count). The summed E-state index contributed by atoms with van der Waals surface area (Å²) >= 11 is 3.24. The highest BCUT2D eigenvalue weighted by molar-refractivity contribution is 9.09. The van der Waals surface area contributed by atoms with Gasteiger partial charge in [0.05, 0.1) is 12.5 Å². The summed E-state index contributed by atoms with van der Waals surface area (Å²) in [7, 11) is -1.88. The van der Waals surface area contributed by atoms with Crippen LogP contribution in [0.4, 0.5) is 0 Å². The predicted molar refractivity (Wildman–Crippen MR) is 56.8 cm³/mol. The van der Waals surface area contributed by atoms with E-state index in [1.807, 2.05) is 6.92 Å². The topological polar surface area (TPSA) is 66.1 Å². The molecule has 0 radical (unpaired) electrons. The normalized spacial score (nSPS) is 14.6. The number of nitrogens with one attached hydrogen (secondary N) is 1. The summed E-state index contributed by atoms with van der Waals surface area (Å²) in [5.41, 5.74) is 0. The fourth-order valence-corrected chi connectivity index (χ4v) is 2.75. The maximum absolute atomic E-state index is 11.8. The number of aromatic nitrogens is 2. The van der Waals surface area contributed by atoms with E-state index in [-0.39, 0.29) is 11.1 Å². The van der Waals surface area contributed by atoms with Gasteiger partial charge in [0, 0.05) is 18.4 Å². The molecular formula is C7H12BrN3O2S. The molecule has 0 aliphatic rings. The van der Waals surface area contributed by atoms with Gasteiger partial charge in [-0.25, -0.2) is 13.4 Å². The van der Waals surface area contributed by atoms with Crippen LogP contribution in [0.25, 0.3) is 0 Å². The summed E-state index contributed by atoms with van der Waals surface area (Å²) in [4.78, 5) is 6.26. The molecule has 0 bridgehead atoms. The van der Waals surface area contributed by atoms with Crippen LogP contribution in [0, 0.1) is 0 Å². The third kappa shape index (κ3) is 2.15. The third-order valence-corrected chi connectivity index (χ3v) is 4.81. The zero-order chi connectivity index (χ0) is 10.8. The van der Waals surface area contributed by atoms with Crippen LogP contribution >= 0.6 is 15.9 Å². The lowest BCUT2D eigenvalue weighted by molar-refractivity contribution is 0.414. The summed E-state index contributed by atoms with van der Waals surface area (Å²) in [6.07, 6.45) is 2.65. The standard InChI is InChI=1S/C7H12BrN3O2S/c1-6(3-8)11(2)14(12,13)7-4-9-5-10-7/h4-6H,3H2,1-2H3,(H,9,10). The first kappa shape index (κ1) is 11.7. The zero-order valence-electron chi connectivity index (χ0n) is 7.94. The summed E-state index contributed by atoms with van der Waals surface area (Å²) < 4.78 is 25.0. The van der Waals surface area contributed by atoms with E-state index in [1.54, 1.807) is 7.05 Å². The number of aromatic amines is 1. The molecule has 1 N–H and O–H groups in total. The van der Waals surface area contributed by atoms with E-state index in [1.165, 1.54) is 16.8 Å². The van der Waals surface area contributed by atoms with Gasteiger partial charge < -0.3 is 4.98 Å². The van der Waals surface area contributed by atoms with Gasteiger partial charge in [0.15, 0.2) is 5.03 Å². The smallest absolute Gasteiger partial charge is 0.260 e. The molecule has 0 fully saturated rings. The van der Waals surface area contributed by atoms with Gasteiger partial charge in [0.2, 0.25) is 0 Å². The molecule has 0 aliphatic carbocycles. The fraction of sp³-hybridized carbons (Fsp3) is 0.571. The van der Waals surface area contributed by atoms with Crippen molar-refractivity contribution in [3.63, 3.8) is 0 Å². The minimum atomic E-state index is -3.42. The Labute approximate surface area is 91.7 Å². The Morgan fingerprint density at radius 1 is 1.71 bits per heavy atom. The Kier molecular flexibility index (Phi) is 3.68. The number of rotatable bonds is 4. The van der Waals surface area contributed by atoms with Gasteiger partial charge >= 0.3 is 0 Å². The molecule has 14 heavy (non-hydrogen) atoms. The quantitative estimate of drug-likeness (QED) is 0.831. The summed E-state index contributed by atoms with van der Waals surface area (Å²) in [6, 6.07) is -0.0942. The number of alkyl halides is 1. The Morgan fingerprint density at radius 3 is 2.79 bits per heavy atom. The molecule has 0 saturated carbocycles. The van der Waals surface area contributed by atoms with Gasteiger partial charge in [0.25, 0.3) is 10.0 Å². The number of H-pyrrole nitrogens is 1. The lowest BCUT2D eigenvalue weighted by Gasteiger charge is -2.21. The third-order valence-electron chi connectivity index (χ3n) is 1.97. The van der Waals surface area contributed by atoms with E-state index in [9.17, 15) is 8.42 Å². The molecule has 1 aromatic rings. The molecule has 80 valence electrons. The van der Waals surface area contributed by atoms with Crippen molar-refractivity contribution in [3.05, 3.63) is 12.5 Å². The van der Waals surface area contributed by atoms with Crippen molar-refractivity contribution in [2.75, 3.05) is 12.4 Å². The molecule has 0 spiro atoms. The molecule has 1 unspecified atom stereocenters. The summed E-state index contributed by atoms with van der Waals surface area (Å²) in [5.74, 6) is 0. The summed E-state index contributed by atoms with van der Waals surface area (Å²) in [5, 5.41) is 0.712. The van der Waals surface area contributed by atoms with E-state index < -0.39 is 10.0 Å². The SMILES string of the molecule is CC(CBr)N(C)S(=O)(=O)c1cnc[nH]1. The summed E-state index contributed by atoms with van der Waals surface area (Å²) in [6.45, 7) is 1.82. The lowest BCUT2D eigenvalue weighted by atomic mass is 10.4. The molecule has 1 aromatic heterocycles. The van der Waals surface area contributed by atoms with Gasteiger partial charge in [0.1, 0.15) is 0 Å². The van der Waals surface area contributed by atoms with Crippen LogP contribution in [0.3, 0.4) is 0 Å². The van der Waals surface area contributed by atoms with Gasteiger partial charge in [-0.2, -0.15) is 4.31 Å². The second-order valence-electron chi connectivity index (χ2n) is 2.94. The van der Waals surface area contributed by atoms with E-state index in [0.29, 0.717) is 5.33 Å². The molecule has 5 nitrogen and oxygen atoms in total. The van der Waals surface area contributed by atoms with Crippen molar-refractivity contribution < 1.29 is 8.42 Å². The highest BCUT2D eigenvalue weighted by Gasteiger charge is 2.25. The van der Waals surface area contributed by atoms with Crippen molar-refractivity contribution in [2.45, 2.75) is 18.0 Å². The number of imidazole rings is 1. The van der Waals surface area contributed by atoms with Crippen LogP contribution in [0.2, 0.25) is 0 Å². The van der Waals surface area contributed by atoms with Crippen LogP contribution in [0.5, 0.6) is 0 Å². The largest absolute Gasteiger partial charge is 0.335 e. The number of sulfonamides is 1. The number of nitrogens with zero attached hydrogens (tertiary/aromatic N) is 2. The van der Waals surface area contributed by atoms with Crippen LogP contribution < -0.4 is 0 Å². The highest BCUT2D eigenvalue weighted by atomic mass is 79.9. The molecule has 1 heterocycles. The minimum absolute atomic E-state index is 0.0942. The van der Waals surface area contributed by atoms with E-state index in [2.05, 4.69) is 25.9 Å².